The Kier molecular flexibility index (Phi) is 4.00. The van der Waals surface area contributed by atoms with Gasteiger partial charge >= 0.3 is 6.03 Å². The zero-order valence-electron chi connectivity index (χ0n) is 12.2. The lowest BCUT2D eigenvalue weighted by Gasteiger charge is -2.06. The lowest BCUT2D eigenvalue weighted by molar-refractivity contribution is 0.240. The molecule has 0 saturated heterocycles. The molecule has 0 aliphatic rings. The van der Waals surface area contributed by atoms with Gasteiger partial charge in [0.25, 0.3) is 0 Å². The Morgan fingerprint density at radius 1 is 1.23 bits per heavy atom. The number of carbonyl (C=O) groups is 1. The van der Waals surface area contributed by atoms with Gasteiger partial charge in [-0.15, -0.1) is 0 Å². The van der Waals surface area contributed by atoms with Gasteiger partial charge in [0.1, 0.15) is 5.69 Å². The van der Waals surface area contributed by atoms with Crippen LogP contribution in [0.1, 0.15) is 16.8 Å². The van der Waals surface area contributed by atoms with Crippen molar-refractivity contribution in [3.8, 4) is 0 Å². The maximum Gasteiger partial charge on any atom is 0.315 e. The topological polar surface area (TPSA) is 80.0 Å². The highest BCUT2D eigenvalue weighted by molar-refractivity contribution is 5.81. The predicted octanol–water partition coefficient (Wildman–Crippen LogP) is 2.53. The molecule has 3 aromatic rings. The van der Waals surface area contributed by atoms with Crippen LogP contribution in [0.15, 0.2) is 47.2 Å². The average molecular weight is 296 g/mol. The fourth-order valence-electron chi connectivity index (χ4n) is 2.14. The molecule has 22 heavy (non-hydrogen) atoms. The minimum Gasteiger partial charge on any atom is -0.356 e. The van der Waals surface area contributed by atoms with Crippen LogP contribution >= 0.6 is 0 Å². The molecule has 2 amide bonds. The summed E-state index contributed by atoms with van der Waals surface area (Å²) in [7, 11) is 0. The number of hydrogen-bond acceptors (Lipinski definition) is 4. The van der Waals surface area contributed by atoms with Gasteiger partial charge in [-0.1, -0.05) is 22.9 Å². The van der Waals surface area contributed by atoms with Crippen molar-refractivity contribution < 1.29 is 9.32 Å². The zero-order chi connectivity index (χ0) is 15.4. The van der Waals surface area contributed by atoms with Crippen molar-refractivity contribution in [1.82, 2.24) is 20.8 Å². The molecule has 6 nitrogen and oxygen atoms in total. The summed E-state index contributed by atoms with van der Waals surface area (Å²) in [6.07, 6.45) is 3.41. The van der Waals surface area contributed by atoms with E-state index in [1.165, 1.54) is 0 Å². The molecule has 0 spiro atoms. The van der Waals surface area contributed by atoms with E-state index in [2.05, 4.69) is 20.8 Å². The van der Waals surface area contributed by atoms with Crippen molar-refractivity contribution in [2.75, 3.05) is 0 Å². The fourth-order valence-corrected chi connectivity index (χ4v) is 2.14. The van der Waals surface area contributed by atoms with Crippen molar-refractivity contribution in [3.63, 3.8) is 0 Å². The van der Waals surface area contributed by atoms with E-state index in [0.717, 1.165) is 27.8 Å². The van der Waals surface area contributed by atoms with Crippen LogP contribution in [0.2, 0.25) is 0 Å². The summed E-state index contributed by atoms with van der Waals surface area (Å²) < 4.78 is 5.24. The Morgan fingerprint density at radius 3 is 2.91 bits per heavy atom. The average Bonchev–Trinajstić information content (AvgIpc) is 2.94. The van der Waals surface area contributed by atoms with Crippen molar-refractivity contribution in [3.05, 3.63) is 59.5 Å². The highest BCUT2D eigenvalue weighted by atomic mass is 16.5. The number of fused-ring (bicyclic) bond motifs is 1. The SMILES string of the molecule is Cc1ccc2onc(CNC(=O)NCc3cccnc3)c2c1. The summed E-state index contributed by atoms with van der Waals surface area (Å²) >= 11 is 0. The van der Waals surface area contributed by atoms with Crippen molar-refractivity contribution in [2.45, 2.75) is 20.0 Å². The molecule has 112 valence electrons. The molecule has 0 bridgehead atoms. The van der Waals surface area contributed by atoms with E-state index in [0.29, 0.717) is 13.1 Å². The first-order chi connectivity index (χ1) is 10.7. The summed E-state index contributed by atoms with van der Waals surface area (Å²) in [4.78, 5) is 15.8. The molecule has 2 heterocycles. The lowest BCUT2D eigenvalue weighted by Crippen LogP contribution is -2.34. The van der Waals surface area contributed by atoms with E-state index >= 15 is 0 Å². The van der Waals surface area contributed by atoms with Crippen LogP contribution in [0.25, 0.3) is 11.0 Å². The van der Waals surface area contributed by atoms with Gasteiger partial charge in [-0.3, -0.25) is 4.98 Å². The second-order valence-corrected chi connectivity index (χ2v) is 5.03. The van der Waals surface area contributed by atoms with E-state index in [4.69, 9.17) is 4.52 Å². The van der Waals surface area contributed by atoms with Gasteiger partial charge in [-0.2, -0.15) is 0 Å². The summed E-state index contributed by atoms with van der Waals surface area (Å²) in [6.45, 7) is 2.75. The Bertz CT molecular complexity index is 783. The van der Waals surface area contributed by atoms with Gasteiger partial charge in [0.2, 0.25) is 0 Å². The van der Waals surface area contributed by atoms with Gasteiger partial charge in [0, 0.05) is 24.3 Å². The molecule has 0 aliphatic carbocycles. The number of carbonyl (C=O) groups excluding carboxylic acids is 1. The van der Waals surface area contributed by atoms with Crippen molar-refractivity contribution in [1.29, 1.82) is 0 Å². The Morgan fingerprint density at radius 2 is 2.09 bits per heavy atom. The Labute approximate surface area is 127 Å². The Balaban J connectivity index is 1.57. The molecule has 6 heteroatoms. The summed E-state index contributed by atoms with van der Waals surface area (Å²) in [5.74, 6) is 0. The van der Waals surface area contributed by atoms with Crippen LogP contribution in [0, 0.1) is 6.92 Å². The van der Waals surface area contributed by atoms with Gasteiger partial charge in [-0.05, 0) is 30.7 Å². The van der Waals surface area contributed by atoms with Gasteiger partial charge < -0.3 is 15.2 Å². The van der Waals surface area contributed by atoms with E-state index < -0.39 is 0 Å². The van der Waals surface area contributed by atoms with E-state index in [-0.39, 0.29) is 6.03 Å². The van der Waals surface area contributed by atoms with Gasteiger partial charge in [-0.25, -0.2) is 4.79 Å². The third-order valence-electron chi connectivity index (χ3n) is 3.29. The Hall–Kier alpha value is -2.89. The summed E-state index contributed by atoms with van der Waals surface area (Å²) in [5.41, 5.74) is 3.51. The first-order valence-electron chi connectivity index (χ1n) is 6.98. The number of amides is 2. The minimum atomic E-state index is -0.257. The minimum absolute atomic E-state index is 0.257. The molecule has 0 aliphatic heterocycles. The van der Waals surface area contributed by atoms with E-state index in [9.17, 15) is 4.79 Å². The van der Waals surface area contributed by atoms with Gasteiger partial charge in [0.15, 0.2) is 5.58 Å². The van der Waals surface area contributed by atoms with Crippen LogP contribution in [-0.4, -0.2) is 16.2 Å². The molecule has 1 aromatic carbocycles. The third kappa shape index (κ3) is 3.22. The summed E-state index contributed by atoms with van der Waals surface area (Å²) in [6, 6.07) is 9.32. The van der Waals surface area contributed by atoms with Crippen LogP contribution < -0.4 is 10.6 Å². The highest BCUT2D eigenvalue weighted by Crippen LogP contribution is 2.19. The number of nitrogens with one attached hydrogen (secondary N) is 2. The normalized spacial score (nSPS) is 10.6. The molecule has 0 fully saturated rings. The molecule has 0 atom stereocenters. The zero-order valence-corrected chi connectivity index (χ0v) is 12.2. The van der Waals surface area contributed by atoms with Crippen molar-refractivity contribution in [2.24, 2.45) is 0 Å². The maximum atomic E-state index is 11.8. The first-order valence-corrected chi connectivity index (χ1v) is 6.98. The second-order valence-electron chi connectivity index (χ2n) is 5.03. The van der Waals surface area contributed by atoms with E-state index in [1.807, 2.05) is 37.3 Å². The number of urea groups is 1. The van der Waals surface area contributed by atoms with Crippen LogP contribution in [0.3, 0.4) is 0 Å². The molecular formula is C16H16N4O2. The number of aromatic nitrogens is 2. The number of aryl methyl sites for hydroxylation is 1. The molecule has 0 radical (unpaired) electrons. The second kappa shape index (κ2) is 6.26. The molecular weight excluding hydrogens is 280 g/mol. The third-order valence-corrected chi connectivity index (χ3v) is 3.29. The fraction of sp³-hybridized carbons (Fsp3) is 0.188. The van der Waals surface area contributed by atoms with Gasteiger partial charge in [0.05, 0.1) is 6.54 Å². The van der Waals surface area contributed by atoms with Crippen LogP contribution in [0.4, 0.5) is 4.79 Å². The number of hydrogen-bond donors (Lipinski definition) is 2. The van der Waals surface area contributed by atoms with Crippen molar-refractivity contribution >= 4 is 17.0 Å². The lowest BCUT2D eigenvalue weighted by atomic mass is 10.1. The maximum absolute atomic E-state index is 11.8. The molecule has 0 saturated carbocycles. The highest BCUT2D eigenvalue weighted by Gasteiger charge is 2.09. The van der Waals surface area contributed by atoms with Crippen LogP contribution in [0.5, 0.6) is 0 Å². The number of pyridine rings is 1. The molecule has 2 aromatic heterocycles. The van der Waals surface area contributed by atoms with E-state index in [1.54, 1.807) is 12.4 Å². The first kappa shape index (κ1) is 14.1. The predicted molar refractivity (Wildman–Crippen MR) is 82.1 cm³/mol. The smallest absolute Gasteiger partial charge is 0.315 e. The molecule has 0 unspecified atom stereocenters. The largest absolute Gasteiger partial charge is 0.356 e. The molecule has 2 N–H and O–H groups in total. The molecule has 3 rings (SSSR count). The van der Waals surface area contributed by atoms with Crippen LogP contribution in [-0.2, 0) is 13.1 Å². The summed E-state index contributed by atoms with van der Waals surface area (Å²) in [5, 5.41) is 10.5. The quantitative estimate of drug-likeness (QED) is 0.775. The monoisotopic (exact) mass is 296 g/mol. The number of nitrogens with zero attached hydrogens (tertiary/aromatic N) is 2. The standard InChI is InChI=1S/C16H16N4O2/c1-11-4-5-15-13(7-11)14(20-22-15)10-19-16(21)18-9-12-3-2-6-17-8-12/h2-8H,9-10H2,1H3,(H2,18,19,21). The number of rotatable bonds is 4. The number of benzene rings is 1.